The summed E-state index contributed by atoms with van der Waals surface area (Å²) in [5, 5.41) is 17.5. The number of aliphatic hydroxyl groups is 1. The third-order valence-electron chi connectivity index (χ3n) is 3.20. The Balaban J connectivity index is 1.66. The normalized spacial score (nSPS) is 12.4. The number of rotatable bonds is 4. The van der Waals surface area contributed by atoms with Crippen molar-refractivity contribution in [2.75, 3.05) is 6.54 Å². The molecule has 5 heteroatoms. The van der Waals surface area contributed by atoms with E-state index in [1.165, 1.54) is 11.3 Å². The Morgan fingerprint density at radius 3 is 3.05 bits per heavy atom. The van der Waals surface area contributed by atoms with Gasteiger partial charge < -0.3 is 15.4 Å². The number of amides is 1. The van der Waals surface area contributed by atoms with Gasteiger partial charge in [0.2, 0.25) is 0 Å². The summed E-state index contributed by atoms with van der Waals surface area (Å²) in [6, 6.07) is 9.25. The van der Waals surface area contributed by atoms with Crippen molar-refractivity contribution < 1.29 is 9.90 Å². The van der Waals surface area contributed by atoms with Gasteiger partial charge in [-0.1, -0.05) is 0 Å². The molecule has 1 aromatic carbocycles. The Hall–Kier alpha value is -2.11. The van der Waals surface area contributed by atoms with Crippen LogP contribution in [0, 0.1) is 0 Å². The van der Waals surface area contributed by atoms with Gasteiger partial charge in [-0.25, -0.2) is 0 Å². The first kappa shape index (κ1) is 12.9. The molecule has 0 bridgehead atoms. The largest absolute Gasteiger partial charge is 0.387 e. The zero-order valence-electron chi connectivity index (χ0n) is 10.7. The summed E-state index contributed by atoms with van der Waals surface area (Å²) in [6.07, 6.45) is 1.17. The molecule has 0 radical (unpaired) electrons. The van der Waals surface area contributed by atoms with Crippen LogP contribution >= 0.6 is 11.3 Å². The molecule has 0 spiro atoms. The molecule has 102 valence electrons. The van der Waals surface area contributed by atoms with Crippen LogP contribution in [0.2, 0.25) is 0 Å². The fourth-order valence-corrected chi connectivity index (χ4v) is 2.78. The van der Waals surface area contributed by atoms with Gasteiger partial charge in [0.25, 0.3) is 5.91 Å². The fourth-order valence-electron chi connectivity index (χ4n) is 2.07. The van der Waals surface area contributed by atoms with Crippen LogP contribution in [0.5, 0.6) is 0 Å². The lowest BCUT2D eigenvalue weighted by Gasteiger charge is -2.10. The number of carbonyl (C=O) groups excluding carboxylic acids is 1. The lowest BCUT2D eigenvalue weighted by atomic mass is 10.1. The third-order valence-corrected chi connectivity index (χ3v) is 3.90. The van der Waals surface area contributed by atoms with E-state index in [-0.39, 0.29) is 12.5 Å². The van der Waals surface area contributed by atoms with Gasteiger partial charge in [-0.2, -0.15) is 11.3 Å². The molecule has 2 heterocycles. The monoisotopic (exact) mass is 286 g/mol. The van der Waals surface area contributed by atoms with E-state index in [0.29, 0.717) is 5.56 Å². The topological polar surface area (TPSA) is 65.1 Å². The quantitative estimate of drug-likeness (QED) is 0.690. The lowest BCUT2D eigenvalue weighted by molar-refractivity contribution is 0.0916. The molecule has 0 aliphatic heterocycles. The van der Waals surface area contributed by atoms with Gasteiger partial charge in [-0.15, -0.1) is 0 Å². The number of hydrogen-bond acceptors (Lipinski definition) is 3. The van der Waals surface area contributed by atoms with Crippen molar-refractivity contribution in [3.63, 3.8) is 0 Å². The van der Waals surface area contributed by atoms with Crippen LogP contribution in [-0.4, -0.2) is 22.5 Å². The Morgan fingerprint density at radius 2 is 2.25 bits per heavy atom. The van der Waals surface area contributed by atoms with Crippen LogP contribution in [0.15, 0.2) is 47.3 Å². The average molecular weight is 286 g/mol. The molecule has 0 aliphatic rings. The highest BCUT2D eigenvalue weighted by Gasteiger charge is 2.11. The van der Waals surface area contributed by atoms with Crippen LogP contribution < -0.4 is 5.32 Å². The minimum atomic E-state index is -0.666. The lowest BCUT2D eigenvalue weighted by Crippen LogP contribution is -2.28. The predicted octanol–water partition coefficient (Wildman–Crippen LogP) is 2.69. The maximum atomic E-state index is 12.1. The maximum Gasteiger partial charge on any atom is 0.251 e. The van der Waals surface area contributed by atoms with Crippen molar-refractivity contribution in [3.8, 4) is 0 Å². The Morgan fingerprint density at radius 1 is 1.35 bits per heavy atom. The Labute approximate surface area is 120 Å². The number of aromatic amines is 1. The van der Waals surface area contributed by atoms with Gasteiger partial charge in [0.1, 0.15) is 0 Å². The molecular weight excluding hydrogens is 272 g/mol. The highest BCUT2D eigenvalue weighted by Crippen LogP contribution is 2.16. The number of aromatic nitrogens is 1. The summed E-state index contributed by atoms with van der Waals surface area (Å²) in [7, 11) is 0. The van der Waals surface area contributed by atoms with E-state index in [1.54, 1.807) is 6.07 Å². The summed E-state index contributed by atoms with van der Waals surface area (Å²) in [6.45, 7) is 0.209. The van der Waals surface area contributed by atoms with E-state index in [0.717, 1.165) is 16.5 Å². The molecule has 3 rings (SSSR count). The third kappa shape index (κ3) is 2.59. The number of thiophene rings is 1. The van der Waals surface area contributed by atoms with E-state index in [2.05, 4.69) is 10.3 Å². The van der Waals surface area contributed by atoms with Crippen LogP contribution in [0.4, 0.5) is 0 Å². The minimum Gasteiger partial charge on any atom is -0.387 e. The van der Waals surface area contributed by atoms with Crippen LogP contribution in [0.25, 0.3) is 10.9 Å². The highest BCUT2D eigenvalue weighted by atomic mass is 32.1. The van der Waals surface area contributed by atoms with Crippen LogP contribution in [0.3, 0.4) is 0 Å². The van der Waals surface area contributed by atoms with Gasteiger partial charge in [-0.05, 0) is 46.7 Å². The van der Waals surface area contributed by atoms with E-state index in [1.807, 2.05) is 41.2 Å². The molecule has 3 aromatic rings. The van der Waals surface area contributed by atoms with Gasteiger partial charge in [0.15, 0.2) is 0 Å². The number of fused-ring (bicyclic) bond motifs is 1. The first-order valence-corrected chi connectivity index (χ1v) is 7.24. The number of benzene rings is 1. The average Bonchev–Trinajstić information content (AvgIpc) is 3.13. The second-order valence-electron chi connectivity index (χ2n) is 4.56. The van der Waals surface area contributed by atoms with Crippen LogP contribution in [0.1, 0.15) is 22.0 Å². The predicted molar refractivity (Wildman–Crippen MR) is 79.9 cm³/mol. The first-order chi connectivity index (χ1) is 9.74. The maximum absolute atomic E-state index is 12.1. The van der Waals surface area contributed by atoms with Crippen molar-refractivity contribution in [3.05, 3.63) is 58.4 Å². The molecule has 2 aromatic heterocycles. The molecule has 1 atom stereocenters. The van der Waals surface area contributed by atoms with Crippen LogP contribution in [-0.2, 0) is 0 Å². The summed E-state index contributed by atoms with van der Waals surface area (Å²) in [4.78, 5) is 15.1. The van der Waals surface area contributed by atoms with Crippen molar-refractivity contribution in [2.24, 2.45) is 0 Å². The van der Waals surface area contributed by atoms with E-state index in [4.69, 9.17) is 0 Å². The summed E-state index contributed by atoms with van der Waals surface area (Å²) in [5.41, 5.74) is 2.42. The second-order valence-corrected chi connectivity index (χ2v) is 5.34. The molecule has 1 amide bonds. The zero-order valence-corrected chi connectivity index (χ0v) is 11.5. The number of aliphatic hydroxyl groups excluding tert-OH is 1. The second kappa shape index (κ2) is 5.48. The molecule has 0 fully saturated rings. The van der Waals surface area contributed by atoms with Crippen molar-refractivity contribution in [1.82, 2.24) is 10.3 Å². The van der Waals surface area contributed by atoms with Gasteiger partial charge in [0, 0.05) is 29.2 Å². The summed E-state index contributed by atoms with van der Waals surface area (Å²) < 4.78 is 0. The molecule has 4 nitrogen and oxygen atoms in total. The number of carbonyl (C=O) groups is 1. The van der Waals surface area contributed by atoms with Gasteiger partial charge in [0.05, 0.1) is 6.10 Å². The summed E-state index contributed by atoms with van der Waals surface area (Å²) in [5.74, 6) is -0.178. The van der Waals surface area contributed by atoms with E-state index >= 15 is 0 Å². The number of nitrogens with one attached hydrogen (secondary N) is 2. The first-order valence-electron chi connectivity index (χ1n) is 6.29. The van der Waals surface area contributed by atoms with Crippen molar-refractivity contribution >= 4 is 28.1 Å². The molecule has 3 N–H and O–H groups in total. The summed E-state index contributed by atoms with van der Waals surface area (Å²) >= 11 is 1.52. The molecule has 0 saturated heterocycles. The zero-order chi connectivity index (χ0) is 13.9. The van der Waals surface area contributed by atoms with E-state index < -0.39 is 6.10 Å². The molecule has 20 heavy (non-hydrogen) atoms. The van der Waals surface area contributed by atoms with E-state index in [9.17, 15) is 9.90 Å². The standard InChI is InChI=1S/C15H14N2O2S/c18-14(12-4-6-20-9-12)8-17-15(19)11-1-2-13-10(7-11)3-5-16-13/h1-7,9,14,16,18H,8H2,(H,17,19). The SMILES string of the molecule is O=C(NCC(O)c1ccsc1)c1ccc2[nH]ccc2c1. The highest BCUT2D eigenvalue weighted by molar-refractivity contribution is 7.07. The number of H-pyrrole nitrogens is 1. The number of hydrogen-bond donors (Lipinski definition) is 3. The smallest absolute Gasteiger partial charge is 0.251 e. The van der Waals surface area contributed by atoms with Gasteiger partial charge >= 0.3 is 0 Å². The Bertz CT molecular complexity index is 718. The van der Waals surface area contributed by atoms with Crippen molar-refractivity contribution in [1.29, 1.82) is 0 Å². The Kier molecular flexibility index (Phi) is 3.54. The van der Waals surface area contributed by atoms with Crippen molar-refractivity contribution in [2.45, 2.75) is 6.10 Å². The molecule has 1 unspecified atom stereocenters. The van der Waals surface area contributed by atoms with Gasteiger partial charge in [-0.3, -0.25) is 4.79 Å². The molecule has 0 aliphatic carbocycles. The molecular formula is C15H14N2O2S. The fraction of sp³-hybridized carbons (Fsp3) is 0.133. The molecule has 0 saturated carbocycles. The minimum absolute atomic E-state index is 0.178.